The van der Waals surface area contributed by atoms with E-state index in [4.69, 9.17) is 9.47 Å². The number of rotatable bonds is 31. The van der Waals surface area contributed by atoms with Crippen molar-refractivity contribution < 1.29 is 44.3 Å². The number of unbranched alkanes of at least 4 members (excludes halogenated alkanes) is 18. The Bertz CT molecular complexity index is 1310. The minimum atomic E-state index is -2.80. The van der Waals surface area contributed by atoms with Gasteiger partial charge in [-0.3, -0.25) is 0 Å². The Morgan fingerprint density at radius 1 is 0.772 bits per heavy atom. The van der Waals surface area contributed by atoms with Gasteiger partial charge in [-0.2, -0.15) is 0 Å². The summed E-state index contributed by atoms with van der Waals surface area (Å²) in [5.74, 6) is 2.00. The number of aliphatic hydroxyl groups excluding tert-OH is 6. The predicted octanol–water partition coefficient (Wildman–Crippen LogP) is 8.04. The Labute approximate surface area is 346 Å². The van der Waals surface area contributed by atoms with E-state index in [1.165, 1.54) is 116 Å². The molecule has 11 heteroatoms. The van der Waals surface area contributed by atoms with Gasteiger partial charge in [0.2, 0.25) is 0 Å². The maximum atomic E-state index is 13.7. The van der Waals surface area contributed by atoms with Crippen LogP contribution in [0.2, 0.25) is 0 Å². The molecule has 57 heavy (non-hydrogen) atoms. The number of allylic oxidation sites excluding steroid dienone is 4. The van der Waals surface area contributed by atoms with Gasteiger partial charge in [0.05, 0.1) is 19.3 Å². The van der Waals surface area contributed by atoms with Crippen molar-refractivity contribution >= 4 is 9.73 Å². The van der Waals surface area contributed by atoms with Crippen LogP contribution in [0.3, 0.4) is 0 Å². The van der Waals surface area contributed by atoms with Gasteiger partial charge < -0.3 is 40.1 Å². The lowest BCUT2D eigenvalue weighted by atomic mass is 9.69. The molecule has 3 aliphatic carbocycles. The molecule has 4 rings (SSSR count). The molecule has 2 saturated carbocycles. The minimum Gasteiger partial charge on any atom is -0.394 e. The van der Waals surface area contributed by atoms with Gasteiger partial charge in [-0.05, 0) is 74.3 Å². The van der Waals surface area contributed by atoms with Crippen LogP contribution in [0.15, 0.2) is 27.2 Å². The van der Waals surface area contributed by atoms with Crippen LogP contribution >= 0.6 is 0 Å². The summed E-state index contributed by atoms with van der Waals surface area (Å²) >= 11 is 0. The quantitative estimate of drug-likeness (QED) is 0.0379. The maximum Gasteiger partial charge on any atom is 0.185 e. The molecule has 0 amide bonds. The first-order chi connectivity index (χ1) is 27.6. The first kappa shape index (κ1) is 48.8. The third-order valence-corrected chi connectivity index (χ3v) is 15.1. The molecule has 3 fully saturated rings. The van der Waals surface area contributed by atoms with Crippen molar-refractivity contribution in [1.82, 2.24) is 0 Å². The minimum absolute atomic E-state index is 0.338. The van der Waals surface area contributed by atoms with E-state index in [2.05, 4.69) is 17.4 Å². The average Bonchev–Trinajstić information content (AvgIpc) is 3.66. The van der Waals surface area contributed by atoms with E-state index in [1.54, 1.807) is 17.4 Å². The molecule has 11 atom stereocenters. The van der Waals surface area contributed by atoms with Crippen molar-refractivity contribution in [1.29, 1.82) is 0 Å². The van der Waals surface area contributed by atoms with Gasteiger partial charge in [-0.15, -0.1) is 0 Å². The predicted molar refractivity (Wildman–Crippen MR) is 229 cm³/mol. The summed E-state index contributed by atoms with van der Waals surface area (Å²) in [6, 6.07) is 0. The van der Waals surface area contributed by atoms with Gasteiger partial charge in [0, 0.05) is 21.7 Å². The lowest BCUT2D eigenvalue weighted by molar-refractivity contribution is -0.244. The highest BCUT2D eigenvalue weighted by molar-refractivity contribution is 7.92. The summed E-state index contributed by atoms with van der Waals surface area (Å²) in [6.07, 6.45) is 25.0. The van der Waals surface area contributed by atoms with Crippen molar-refractivity contribution in [3.63, 3.8) is 0 Å². The summed E-state index contributed by atoms with van der Waals surface area (Å²) in [5.41, 5.74) is 5.22. The molecule has 0 aromatic heterocycles. The van der Waals surface area contributed by atoms with Crippen LogP contribution in [0, 0.1) is 11.8 Å². The number of ether oxygens (including phenoxy) is 2. The van der Waals surface area contributed by atoms with Crippen LogP contribution in [0.4, 0.5) is 0 Å². The standard InChI is InChI=1S/C46H83NO9S/c1-3-4-5-6-7-8-9-10-11-15-18-21-27-39(49)42(50)46(55-33-41-44(52)45(53)43(51)40(32-48)56-41)47-57(2,54)30-22-19-16-13-12-14-17-20-25-38-36-26-23-24-34(36)31-35-28-29-37(35)38/h31,34,36,39-46,48-53H,3-30,32-33H2,1-2H3/t34?,36?,39-,40?,41?,42-,43?,44?,45?,46+,57?/m1/s1. The molecule has 1 aliphatic heterocycles. The largest absolute Gasteiger partial charge is 0.394 e. The molecule has 0 aromatic carbocycles. The fourth-order valence-electron chi connectivity index (χ4n) is 9.66. The van der Waals surface area contributed by atoms with Crippen molar-refractivity contribution in [2.24, 2.45) is 16.2 Å². The first-order valence-electron chi connectivity index (χ1n) is 23.5. The van der Waals surface area contributed by atoms with Gasteiger partial charge in [-0.25, -0.2) is 8.57 Å². The third-order valence-electron chi connectivity index (χ3n) is 13.4. The molecule has 1 saturated heterocycles. The van der Waals surface area contributed by atoms with E-state index in [0.29, 0.717) is 12.2 Å². The first-order valence-corrected chi connectivity index (χ1v) is 25.6. The zero-order chi connectivity index (χ0) is 41.0. The fourth-order valence-corrected chi connectivity index (χ4v) is 11.1. The highest BCUT2D eigenvalue weighted by atomic mass is 32.2. The molecule has 4 aliphatic rings. The Morgan fingerprint density at radius 2 is 1.35 bits per heavy atom. The zero-order valence-electron chi connectivity index (χ0n) is 35.8. The van der Waals surface area contributed by atoms with E-state index in [1.807, 2.05) is 5.57 Å². The Morgan fingerprint density at radius 3 is 1.95 bits per heavy atom. The molecule has 0 aromatic rings. The van der Waals surface area contributed by atoms with Crippen LogP contribution in [0.25, 0.3) is 0 Å². The highest BCUT2D eigenvalue weighted by Crippen LogP contribution is 2.51. The number of hydrogen-bond acceptors (Lipinski definition) is 10. The SMILES string of the molecule is CCCCCCCCCCCCCC[C@@H](O)[C@@H](O)[C@@H](N=S(C)(=O)CCCCCCCCCCC1=C2CCC2=CC2CCCC12)OCC1OC(CO)C(O)C(O)C1O. The third kappa shape index (κ3) is 16.1. The van der Waals surface area contributed by atoms with Gasteiger partial charge in [-0.1, -0.05) is 141 Å². The molecule has 0 bridgehead atoms. The van der Waals surface area contributed by atoms with E-state index in [-0.39, 0.29) is 6.61 Å². The van der Waals surface area contributed by atoms with E-state index < -0.39 is 65.3 Å². The van der Waals surface area contributed by atoms with Crippen LogP contribution in [0.1, 0.15) is 180 Å². The lowest BCUT2D eigenvalue weighted by Gasteiger charge is -2.40. The highest BCUT2D eigenvalue weighted by Gasteiger charge is 2.44. The van der Waals surface area contributed by atoms with Crippen LogP contribution in [-0.4, -0.2) is 109 Å². The lowest BCUT2D eigenvalue weighted by Crippen LogP contribution is -2.60. The molecule has 332 valence electrons. The number of aliphatic hydroxyl groups is 6. The molecule has 1 heterocycles. The Hall–Kier alpha value is -0.890. The number of fused-ring (bicyclic) bond motifs is 2. The van der Waals surface area contributed by atoms with Crippen LogP contribution in [-0.2, 0) is 19.2 Å². The van der Waals surface area contributed by atoms with Gasteiger partial charge in [0.1, 0.15) is 36.6 Å². The molecule has 6 N–H and O–H groups in total. The van der Waals surface area contributed by atoms with Gasteiger partial charge >= 0.3 is 0 Å². The summed E-state index contributed by atoms with van der Waals surface area (Å²) in [6.45, 7) is 1.31. The molecule has 0 spiro atoms. The van der Waals surface area contributed by atoms with E-state index >= 15 is 0 Å². The summed E-state index contributed by atoms with van der Waals surface area (Å²) in [7, 11) is -2.80. The summed E-state index contributed by atoms with van der Waals surface area (Å²) in [4.78, 5) is 0. The molecular weight excluding hydrogens is 743 g/mol. The second-order valence-electron chi connectivity index (χ2n) is 18.1. The Balaban J connectivity index is 1.17. The zero-order valence-corrected chi connectivity index (χ0v) is 36.6. The van der Waals surface area contributed by atoms with Crippen LogP contribution < -0.4 is 0 Å². The summed E-state index contributed by atoms with van der Waals surface area (Å²) in [5, 5.41) is 62.8. The van der Waals surface area contributed by atoms with Gasteiger partial charge in [0.15, 0.2) is 6.23 Å². The van der Waals surface area contributed by atoms with Crippen molar-refractivity contribution in [2.45, 2.75) is 229 Å². The Kier molecular flexibility index (Phi) is 22.6. The van der Waals surface area contributed by atoms with Crippen molar-refractivity contribution in [3.05, 3.63) is 22.8 Å². The van der Waals surface area contributed by atoms with Crippen molar-refractivity contribution in [2.75, 3.05) is 25.2 Å². The second-order valence-corrected chi connectivity index (χ2v) is 20.6. The summed E-state index contributed by atoms with van der Waals surface area (Å²) < 4.78 is 29.7. The monoisotopic (exact) mass is 826 g/mol. The molecular formula is C46H83NO9S. The number of hydrogen-bond donors (Lipinski definition) is 6. The van der Waals surface area contributed by atoms with Crippen molar-refractivity contribution in [3.8, 4) is 0 Å². The van der Waals surface area contributed by atoms with Crippen LogP contribution in [0.5, 0.6) is 0 Å². The molecule has 8 unspecified atom stereocenters. The van der Waals surface area contributed by atoms with E-state index in [0.717, 1.165) is 63.2 Å². The van der Waals surface area contributed by atoms with E-state index in [9.17, 15) is 34.8 Å². The average molecular weight is 826 g/mol. The molecule has 0 radical (unpaired) electrons. The smallest absolute Gasteiger partial charge is 0.185 e. The van der Waals surface area contributed by atoms with Gasteiger partial charge in [0.25, 0.3) is 0 Å². The fraction of sp³-hybridized carbons (Fsp3) is 0.913. The molecule has 10 nitrogen and oxygen atoms in total. The second kappa shape index (κ2) is 26.4. The normalized spacial score (nSPS) is 28.6. The maximum absolute atomic E-state index is 13.7. The topological polar surface area (TPSA) is 169 Å². The number of nitrogens with zero attached hydrogens (tertiary/aromatic N) is 1.